The molecular formula is C32H38BrN3O5S. The fourth-order valence-corrected chi connectivity index (χ4v) is 6.75. The van der Waals surface area contributed by atoms with Crippen LogP contribution in [0.25, 0.3) is 0 Å². The summed E-state index contributed by atoms with van der Waals surface area (Å²) in [5.41, 5.74) is 1.15. The van der Waals surface area contributed by atoms with Crippen LogP contribution in [0.2, 0.25) is 0 Å². The number of halogens is 1. The molecule has 0 heterocycles. The molecule has 1 atom stereocenters. The van der Waals surface area contributed by atoms with E-state index in [9.17, 15) is 18.0 Å². The van der Waals surface area contributed by atoms with E-state index in [1.165, 1.54) is 17.0 Å². The molecule has 1 unspecified atom stereocenters. The van der Waals surface area contributed by atoms with Crippen molar-refractivity contribution in [2.45, 2.75) is 69.5 Å². The van der Waals surface area contributed by atoms with Gasteiger partial charge in [-0.25, -0.2) is 8.42 Å². The number of hydrogen-bond acceptors (Lipinski definition) is 5. The van der Waals surface area contributed by atoms with Gasteiger partial charge in [-0.2, -0.15) is 0 Å². The Labute approximate surface area is 257 Å². The molecule has 1 aliphatic carbocycles. The van der Waals surface area contributed by atoms with Gasteiger partial charge in [-0.15, -0.1) is 0 Å². The molecule has 2 amide bonds. The van der Waals surface area contributed by atoms with Crippen molar-refractivity contribution in [2.75, 3.05) is 17.5 Å². The van der Waals surface area contributed by atoms with Gasteiger partial charge < -0.3 is 15.0 Å². The van der Waals surface area contributed by atoms with Crippen LogP contribution in [0.1, 0.15) is 51.5 Å². The fourth-order valence-electron chi connectivity index (χ4n) is 5.07. The van der Waals surface area contributed by atoms with E-state index < -0.39 is 28.5 Å². The molecule has 0 aromatic heterocycles. The standard InChI is InChI=1S/C32H38BrN3O5S/c1-3-41-29-18-16-28(17-19-29)36(42(39,40)30-20-14-26(33)15-21-30)23-31(37)35(22-25-10-6-4-7-11-25)24(2)32(38)34-27-12-8-5-9-13-27/h4,6-7,10-11,14-21,24,27H,3,5,8-9,12-13,22-23H2,1-2H3,(H,34,38). The number of nitrogens with one attached hydrogen (secondary N) is 1. The topological polar surface area (TPSA) is 96.0 Å². The van der Waals surface area contributed by atoms with Gasteiger partial charge in [0.05, 0.1) is 17.2 Å². The number of anilines is 1. The molecule has 1 N–H and O–H groups in total. The molecule has 8 nitrogen and oxygen atoms in total. The van der Waals surface area contributed by atoms with E-state index in [-0.39, 0.29) is 23.4 Å². The lowest BCUT2D eigenvalue weighted by Gasteiger charge is -2.33. The molecule has 10 heteroatoms. The molecule has 42 heavy (non-hydrogen) atoms. The SMILES string of the molecule is CCOc1ccc(N(CC(=O)N(Cc2ccccc2)C(C)C(=O)NC2CCCCC2)S(=O)(=O)c2ccc(Br)cc2)cc1. The van der Waals surface area contributed by atoms with E-state index in [1.54, 1.807) is 43.3 Å². The second-order valence-corrected chi connectivity index (χ2v) is 13.2. The number of amides is 2. The van der Waals surface area contributed by atoms with Gasteiger partial charge in [0, 0.05) is 17.1 Å². The molecule has 0 radical (unpaired) electrons. The van der Waals surface area contributed by atoms with Crippen LogP contribution in [0.4, 0.5) is 5.69 Å². The predicted molar refractivity (Wildman–Crippen MR) is 168 cm³/mol. The van der Waals surface area contributed by atoms with Crippen LogP contribution < -0.4 is 14.4 Å². The molecule has 1 saturated carbocycles. The molecule has 224 valence electrons. The molecule has 0 bridgehead atoms. The highest BCUT2D eigenvalue weighted by Gasteiger charge is 2.33. The molecule has 0 aliphatic heterocycles. The normalized spacial score (nSPS) is 14.5. The lowest BCUT2D eigenvalue weighted by atomic mass is 9.95. The Bertz CT molecular complexity index is 1430. The van der Waals surface area contributed by atoms with Crippen LogP contribution >= 0.6 is 15.9 Å². The quantitative estimate of drug-likeness (QED) is 0.262. The Morgan fingerprint density at radius 1 is 0.952 bits per heavy atom. The number of ether oxygens (including phenoxy) is 1. The summed E-state index contributed by atoms with van der Waals surface area (Å²) in [7, 11) is -4.14. The molecule has 4 rings (SSSR count). The molecule has 3 aromatic carbocycles. The van der Waals surface area contributed by atoms with Crippen molar-refractivity contribution < 1.29 is 22.7 Å². The Hall–Kier alpha value is -3.37. The number of hydrogen-bond donors (Lipinski definition) is 1. The Morgan fingerprint density at radius 2 is 1.60 bits per heavy atom. The van der Waals surface area contributed by atoms with Crippen molar-refractivity contribution in [1.82, 2.24) is 10.2 Å². The molecule has 1 aliphatic rings. The number of sulfonamides is 1. The summed E-state index contributed by atoms with van der Waals surface area (Å²) in [6.07, 6.45) is 5.13. The lowest BCUT2D eigenvalue weighted by Crippen LogP contribution is -2.53. The third-order valence-electron chi connectivity index (χ3n) is 7.43. The van der Waals surface area contributed by atoms with Crippen molar-refractivity contribution in [2.24, 2.45) is 0 Å². The van der Waals surface area contributed by atoms with Gasteiger partial charge in [-0.3, -0.25) is 13.9 Å². The van der Waals surface area contributed by atoms with Crippen molar-refractivity contribution >= 4 is 43.5 Å². The van der Waals surface area contributed by atoms with Gasteiger partial charge in [-0.05, 0) is 80.8 Å². The van der Waals surface area contributed by atoms with Crippen molar-refractivity contribution in [1.29, 1.82) is 0 Å². The number of nitrogens with zero attached hydrogens (tertiary/aromatic N) is 2. The minimum atomic E-state index is -4.14. The molecule has 0 saturated heterocycles. The number of benzene rings is 3. The monoisotopic (exact) mass is 655 g/mol. The van der Waals surface area contributed by atoms with E-state index in [0.29, 0.717) is 18.0 Å². The fraction of sp³-hybridized carbons (Fsp3) is 0.375. The maximum absolute atomic E-state index is 14.1. The summed E-state index contributed by atoms with van der Waals surface area (Å²) in [4.78, 5) is 29.0. The summed E-state index contributed by atoms with van der Waals surface area (Å²) in [5.74, 6) is -0.137. The van der Waals surface area contributed by atoms with Crippen LogP contribution in [0.3, 0.4) is 0 Å². The number of carbonyl (C=O) groups excluding carboxylic acids is 2. The van der Waals surface area contributed by atoms with Crippen LogP contribution in [-0.2, 0) is 26.2 Å². The second-order valence-electron chi connectivity index (χ2n) is 10.4. The van der Waals surface area contributed by atoms with Crippen LogP contribution in [0.15, 0.2) is 88.2 Å². The number of rotatable bonds is 12. The molecular weight excluding hydrogens is 618 g/mol. The molecule has 1 fully saturated rings. The summed E-state index contributed by atoms with van der Waals surface area (Å²) in [6, 6.07) is 21.5. The van der Waals surface area contributed by atoms with Crippen molar-refractivity contribution in [3.05, 3.63) is 88.9 Å². The largest absolute Gasteiger partial charge is 0.494 e. The first kappa shape index (κ1) is 31.6. The zero-order valence-electron chi connectivity index (χ0n) is 24.0. The van der Waals surface area contributed by atoms with Crippen LogP contribution in [0, 0.1) is 0 Å². The average Bonchev–Trinajstić information content (AvgIpc) is 3.00. The zero-order chi connectivity index (χ0) is 30.1. The molecule has 0 spiro atoms. The Balaban J connectivity index is 1.66. The van der Waals surface area contributed by atoms with Gasteiger partial charge in [0.15, 0.2) is 0 Å². The average molecular weight is 657 g/mol. The van der Waals surface area contributed by atoms with Gasteiger partial charge in [0.2, 0.25) is 11.8 Å². The van der Waals surface area contributed by atoms with E-state index in [2.05, 4.69) is 21.2 Å². The highest BCUT2D eigenvalue weighted by Crippen LogP contribution is 2.27. The Morgan fingerprint density at radius 3 is 2.21 bits per heavy atom. The van der Waals surface area contributed by atoms with Crippen LogP contribution in [0.5, 0.6) is 5.75 Å². The summed E-state index contributed by atoms with van der Waals surface area (Å²) < 4.78 is 35.3. The Kier molecular flexibility index (Phi) is 11.0. The van der Waals surface area contributed by atoms with E-state index >= 15 is 0 Å². The van der Waals surface area contributed by atoms with E-state index in [1.807, 2.05) is 37.3 Å². The highest BCUT2D eigenvalue weighted by atomic mass is 79.9. The zero-order valence-corrected chi connectivity index (χ0v) is 26.4. The van der Waals surface area contributed by atoms with Gasteiger partial charge in [-0.1, -0.05) is 65.5 Å². The van der Waals surface area contributed by atoms with Gasteiger partial charge in [0.25, 0.3) is 10.0 Å². The van der Waals surface area contributed by atoms with Gasteiger partial charge in [0.1, 0.15) is 18.3 Å². The smallest absolute Gasteiger partial charge is 0.264 e. The van der Waals surface area contributed by atoms with E-state index in [4.69, 9.17) is 4.74 Å². The highest BCUT2D eigenvalue weighted by molar-refractivity contribution is 9.10. The first-order valence-electron chi connectivity index (χ1n) is 14.3. The predicted octanol–water partition coefficient (Wildman–Crippen LogP) is 5.91. The summed E-state index contributed by atoms with van der Waals surface area (Å²) in [5, 5.41) is 3.12. The summed E-state index contributed by atoms with van der Waals surface area (Å²) in [6.45, 7) is 3.70. The first-order chi connectivity index (χ1) is 20.2. The third kappa shape index (κ3) is 8.13. The summed E-state index contributed by atoms with van der Waals surface area (Å²) >= 11 is 3.35. The van der Waals surface area contributed by atoms with Crippen LogP contribution in [-0.4, -0.2) is 50.4 Å². The minimum Gasteiger partial charge on any atom is -0.494 e. The maximum atomic E-state index is 14.1. The number of carbonyl (C=O) groups is 2. The lowest BCUT2D eigenvalue weighted by molar-refractivity contribution is -0.139. The van der Waals surface area contributed by atoms with Crippen molar-refractivity contribution in [3.8, 4) is 5.75 Å². The first-order valence-corrected chi connectivity index (χ1v) is 16.6. The van der Waals surface area contributed by atoms with Gasteiger partial charge >= 0.3 is 0 Å². The van der Waals surface area contributed by atoms with E-state index in [0.717, 1.165) is 46.4 Å². The maximum Gasteiger partial charge on any atom is 0.264 e. The van der Waals surface area contributed by atoms with Crippen molar-refractivity contribution in [3.63, 3.8) is 0 Å². The molecule has 3 aromatic rings. The third-order valence-corrected chi connectivity index (χ3v) is 9.75. The second kappa shape index (κ2) is 14.7. The minimum absolute atomic E-state index is 0.0464.